The first kappa shape index (κ1) is 28.2. The fraction of sp³-hybridized carbons (Fsp3) is 0.435. The Bertz CT molecular complexity index is 1290. The summed E-state index contributed by atoms with van der Waals surface area (Å²) in [6.45, 7) is 0. The van der Waals surface area contributed by atoms with Crippen LogP contribution in [0.4, 0.5) is 0 Å². The summed E-state index contributed by atoms with van der Waals surface area (Å²) >= 11 is -0.596. The number of phenolic OH excluding ortho intramolecular Hbond substituents is 1. The first-order valence-corrected chi connectivity index (χ1v) is 12.8. The molecule has 196 valence electrons. The summed E-state index contributed by atoms with van der Waals surface area (Å²) in [4.78, 5) is 40.2. The van der Waals surface area contributed by atoms with Crippen molar-refractivity contribution in [1.29, 1.82) is 0 Å². The van der Waals surface area contributed by atoms with E-state index in [1.807, 2.05) is 22.6 Å². The lowest BCUT2D eigenvalue weighted by Crippen LogP contribution is -2.65. The van der Waals surface area contributed by atoms with Crippen molar-refractivity contribution in [2.75, 3.05) is 14.1 Å². The van der Waals surface area contributed by atoms with Crippen LogP contribution >= 0.6 is 22.6 Å². The number of hydrogen-bond acceptors (Lipinski definition) is 10. The lowest BCUT2D eigenvalue weighted by Gasteiger charge is -2.50. The average molecular weight is 633 g/mol. The molecular weight excluding hydrogens is 607 g/mol. The van der Waals surface area contributed by atoms with Crippen molar-refractivity contribution in [3.63, 3.8) is 0 Å². The second-order valence-electron chi connectivity index (χ2n) is 9.13. The summed E-state index contributed by atoms with van der Waals surface area (Å²) in [5.74, 6) is -7.96. The molecule has 1 aromatic rings. The first-order chi connectivity index (χ1) is 16.2. The lowest BCUT2D eigenvalue weighted by atomic mass is 9.57. The number of ketones is 2. The molecule has 1 fully saturated rings. The number of phenols is 1. The number of aliphatic hydroxyl groups excluding tert-OH is 2. The molecule has 0 bridgehead atoms. The molecule has 0 aromatic heterocycles. The van der Waals surface area contributed by atoms with Crippen LogP contribution in [0.3, 0.4) is 0 Å². The van der Waals surface area contributed by atoms with Gasteiger partial charge in [-0.3, -0.25) is 23.5 Å². The Morgan fingerprint density at radius 3 is 2.44 bits per heavy atom. The van der Waals surface area contributed by atoms with E-state index in [4.69, 9.17) is 5.73 Å². The topological polar surface area (TPSA) is 202 Å². The maximum atomic E-state index is 13.7. The van der Waals surface area contributed by atoms with E-state index in [-0.39, 0.29) is 37.0 Å². The number of fused-ring (bicyclic) bond motifs is 3. The van der Waals surface area contributed by atoms with E-state index in [2.05, 4.69) is 0 Å². The Morgan fingerprint density at radius 2 is 1.92 bits per heavy atom. The van der Waals surface area contributed by atoms with E-state index in [9.17, 15) is 43.6 Å². The van der Waals surface area contributed by atoms with Crippen molar-refractivity contribution in [2.45, 2.75) is 37.7 Å². The molecule has 36 heavy (non-hydrogen) atoms. The smallest absolute Gasteiger partial charge is 0.255 e. The molecule has 11 nitrogen and oxygen atoms in total. The highest BCUT2D eigenvalue weighted by Gasteiger charge is 2.64. The number of likely N-dealkylation sites (N-methyl/N-ethyl adjacent to an activating group) is 1. The number of benzene rings is 1. The quantitative estimate of drug-likeness (QED) is 0.177. The van der Waals surface area contributed by atoms with Gasteiger partial charge in [0.2, 0.25) is 5.78 Å². The molecular formula is C23H26IN2O9S-. The highest BCUT2D eigenvalue weighted by atomic mass is 127. The van der Waals surface area contributed by atoms with Gasteiger partial charge in [0.25, 0.3) is 5.91 Å². The second-order valence-corrected chi connectivity index (χ2v) is 11.2. The van der Waals surface area contributed by atoms with Crippen molar-refractivity contribution >= 4 is 56.9 Å². The van der Waals surface area contributed by atoms with Gasteiger partial charge in [0, 0.05) is 26.4 Å². The number of halogens is 1. The van der Waals surface area contributed by atoms with Gasteiger partial charge in [0.15, 0.2) is 11.4 Å². The van der Waals surface area contributed by atoms with Crippen LogP contribution in [0.1, 0.15) is 30.5 Å². The number of primary amides is 1. The molecule has 1 amide bonds. The van der Waals surface area contributed by atoms with Crippen molar-refractivity contribution in [1.82, 2.24) is 4.90 Å². The Morgan fingerprint density at radius 1 is 1.31 bits per heavy atom. The van der Waals surface area contributed by atoms with Gasteiger partial charge < -0.3 is 30.7 Å². The first-order valence-electron chi connectivity index (χ1n) is 10.5. The van der Waals surface area contributed by atoms with Crippen LogP contribution < -0.4 is 5.73 Å². The summed E-state index contributed by atoms with van der Waals surface area (Å²) in [5.41, 5.74) is 1.76. The molecule has 1 saturated carbocycles. The summed E-state index contributed by atoms with van der Waals surface area (Å²) in [7, 11) is 3.05. The van der Waals surface area contributed by atoms with E-state index < -0.39 is 80.6 Å². The third kappa shape index (κ3) is 3.88. The third-order valence-electron chi connectivity index (χ3n) is 7.02. The van der Waals surface area contributed by atoms with E-state index in [0.717, 1.165) is 0 Å². The molecule has 0 radical (unpaired) electrons. The second kappa shape index (κ2) is 9.52. The molecule has 3 aliphatic rings. The minimum absolute atomic E-state index is 0. The Hall–Kier alpha value is -2.33. The van der Waals surface area contributed by atoms with Crippen LogP contribution in [0.2, 0.25) is 0 Å². The molecule has 4 rings (SSSR count). The number of aromatic hydroxyl groups is 1. The maximum Gasteiger partial charge on any atom is 0.255 e. The minimum atomic E-state index is -2.72. The van der Waals surface area contributed by atoms with E-state index in [1.54, 1.807) is 0 Å². The Kier molecular flexibility index (Phi) is 7.47. The van der Waals surface area contributed by atoms with Crippen molar-refractivity contribution < 1.29 is 43.6 Å². The van der Waals surface area contributed by atoms with E-state index in [1.165, 1.54) is 25.1 Å². The zero-order valence-electron chi connectivity index (χ0n) is 18.6. The summed E-state index contributed by atoms with van der Waals surface area (Å²) < 4.78 is 23.0. The average Bonchev–Trinajstić information content (AvgIpc) is 2.73. The lowest BCUT2D eigenvalue weighted by molar-refractivity contribution is -0.153. The highest BCUT2D eigenvalue weighted by molar-refractivity contribution is 14.1. The molecule has 0 aliphatic heterocycles. The van der Waals surface area contributed by atoms with E-state index in [0.29, 0.717) is 9.13 Å². The standard InChI is InChI=1S/C22H23IN2O9S.CH4/c1-25(2)15-10-4-7-3-9-11(23)5-8(6-35(33)34)16(26)13(9)17(27)12(7)19(29)22(10,32)20(30)14(18(15)28)21(24)31;/h5,7,10,15,26-27,30,32H,3-4,6H2,1-2H3,(H2,24,31)(H,33,34);1H4/p-1/t7-,10-,15-,22-;/m0./s1. The van der Waals surface area contributed by atoms with Gasteiger partial charge in [-0.15, -0.1) is 0 Å². The molecule has 0 spiro atoms. The number of amides is 1. The number of Topliss-reactive ketones (excluding diaryl/α,β-unsaturated/α-hetero) is 2. The fourth-order valence-corrected chi connectivity index (χ4v) is 6.90. The highest BCUT2D eigenvalue weighted by Crippen LogP contribution is 2.53. The normalized spacial score (nSPS) is 28.3. The molecule has 1 unspecified atom stereocenters. The molecule has 3 aliphatic carbocycles. The van der Waals surface area contributed by atoms with Gasteiger partial charge in [-0.05, 0) is 67.1 Å². The largest absolute Gasteiger partial charge is 0.772 e. The number of hydrogen-bond donors (Lipinski definition) is 5. The van der Waals surface area contributed by atoms with Crippen LogP contribution in [0.25, 0.3) is 5.76 Å². The summed E-state index contributed by atoms with van der Waals surface area (Å²) in [6.07, 6.45) is 0.121. The number of rotatable bonds is 4. The number of aliphatic hydroxyl groups is 3. The van der Waals surface area contributed by atoms with Gasteiger partial charge in [0.05, 0.1) is 11.6 Å². The number of nitrogens with zero attached hydrogens (tertiary/aromatic N) is 1. The Labute approximate surface area is 223 Å². The van der Waals surface area contributed by atoms with Crippen molar-refractivity contribution in [3.8, 4) is 5.75 Å². The number of carbonyl (C=O) groups excluding carboxylic acids is 3. The monoisotopic (exact) mass is 633 g/mol. The maximum absolute atomic E-state index is 13.7. The Balaban J connectivity index is 0.00000361. The fourth-order valence-electron chi connectivity index (χ4n) is 5.56. The van der Waals surface area contributed by atoms with Crippen molar-refractivity contribution in [2.24, 2.45) is 17.6 Å². The van der Waals surface area contributed by atoms with Gasteiger partial charge in [-0.2, -0.15) is 0 Å². The molecule has 6 N–H and O–H groups in total. The van der Waals surface area contributed by atoms with Gasteiger partial charge in [-0.25, -0.2) is 0 Å². The van der Waals surface area contributed by atoms with Crippen LogP contribution in [0.15, 0.2) is 23.0 Å². The third-order valence-corrected chi connectivity index (χ3v) is 8.53. The molecule has 5 atom stereocenters. The predicted molar refractivity (Wildman–Crippen MR) is 136 cm³/mol. The van der Waals surface area contributed by atoms with Gasteiger partial charge >= 0.3 is 0 Å². The van der Waals surface area contributed by atoms with Crippen LogP contribution in [0.5, 0.6) is 5.75 Å². The van der Waals surface area contributed by atoms with Gasteiger partial charge in [0.1, 0.15) is 22.8 Å². The zero-order chi connectivity index (χ0) is 26.1. The van der Waals surface area contributed by atoms with Crippen LogP contribution in [-0.4, -0.2) is 77.3 Å². The number of nitrogens with two attached hydrogens (primary N) is 1. The molecule has 13 heteroatoms. The van der Waals surface area contributed by atoms with Crippen LogP contribution in [-0.2, 0) is 37.6 Å². The van der Waals surface area contributed by atoms with Gasteiger partial charge in [-0.1, -0.05) is 18.5 Å². The molecule has 0 saturated heterocycles. The summed E-state index contributed by atoms with van der Waals surface area (Å²) in [6, 6.07) is 0.318. The van der Waals surface area contributed by atoms with Crippen molar-refractivity contribution in [3.05, 3.63) is 43.2 Å². The SMILES string of the molecule is C.CN(C)[C@@H]1C(=O)C(C(N)=O)=C(O)[C@@]2(O)C(=O)C3=C(O)c4c(O)c(CS(=O)[O-])cc(I)c4C[C@H]3C[C@@H]12. The molecule has 1 aromatic carbocycles. The summed E-state index contributed by atoms with van der Waals surface area (Å²) in [5, 5.41) is 44.2. The predicted octanol–water partition coefficient (Wildman–Crippen LogP) is 0.584. The molecule has 0 heterocycles. The zero-order valence-corrected chi connectivity index (χ0v) is 21.5. The van der Waals surface area contributed by atoms with Crippen LogP contribution in [0, 0.1) is 15.4 Å². The minimum Gasteiger partial charge on any atom is -0.772 e. The number of carbonyl (C=O) groups is 3. The van der Waals surface area contributed by atoms with E-state index >= 15 is 0 Å².